The van der Waals surface area contributed by atoms with E-state index in [0.29, 0.717) is 10.8 Å². The highest BCUT2D eigenvalue weighted by Gasteiger charge is 2.19. The van der Waals surface area contributed by atoms with Crippen molar-refractivity contribution in [2.45, 2.75) is 12.2 Å². The van der Waals surface area contributed by atoms with Crippen LogP contribution in [0.15, 0.2) is 18.2 Å². The number of aldehydes is 1. The molecule has 1 fully saturated rings. The molecule has 0 aliphatic carbocycles. The van der Waals surface area contributed by atoms with Gasteiger partial charge in [-0.3, -0.25) is 4.79 Å². The van der Waals surface area contributed by atoms with E-state index in [4.69, 9.17) is 0 Å². The van der Waals surface area contributed by atoms with Crippen molar-refractivity contribution in [2.24, 2.45) is 0 Å². The summed E-state index contributed by atoms with van der Waals surface area (Å²) in [6, 6.07) is 4.41. The first-order valence-electron chi connectivity index (χ1n) is 5.32. The van der Waals surface area contributed by atoms with E-state index in [9.17, 15) is 9.18 Å². The molecule has 1 heterocycles. The van der Waals surface area contributed by atoms with Gasteiger partial charge in [0.2, 0.25) is 0 Å². The first-order valence-corrected chi connectivity index (χ1v) is 6.37. The third-order valence-corrected chi connectivity index (χ3v) is 3.83. The first kappa shape index (κ1) is 11.5. The molecule has 1 aromatic carbocycles. The summed E-state index contributed by atoms with van der Waals surface area (Å²) in [6.45, 7) is 4.00. The van der Waals surface area contributed by atoms with Crippen molar-refractivity contribution in [3.05, 3.63) is 29.6 Å². The van der Waals surface area contributed by atoms with Crippen LogP contribution in [-0.2, 0) is 0 Å². The minimum Gasteiger partial charge on any atom is -0.369 e. The van der Waals surface area contributed by atoms with Gasteiger partial charge in [-0.1, -0.05) is 6.92 Å². The summed E-state index contributed by atoms with van der Waals surface area (Å²) in [5.74, 6) is 0.696. The van der Waals surface area contributed by atoms with E-state index in [1.807, 2.05) is 11.8 Å². The molecule has 0 N–H and O–H groups in total. The minimum atomic E-state index is -0.356. The van der Waals surface area contributed by atoms with Gasteiger partial charge in [0, 0.05) is 35.3 Å². The highest BCUT2D eigenvalue weighted by molar-refractivity contribution is 8.00. The number of carbonyl (C=O) groups is 1. The molecular weight excluding hydrogens is 225 g/mol. The topological polar surface area (TPSA) is 20.3 Å². The molecule has 16 heavy (non-hydrogen) atoms. The second kappa shape index (κ2) is 4.87. The SMILES string of the molecule is CC1CN(c2ccc(F)cc2C=O)CCS1. The molecule has 0 amide bonds. The van der Waals surface area contributed by atoms with Gasteiger partial charge in [0.1, 0.15) is 5.82 Å². The van der Waals surface area contributed by atoms with Crippen molar-refractivity contribution in [3.63, 3.8) is 0 Å². The maximum atomic E-state index is 13.0. The Morgan fingerprint density at radius 2 is 2.38 bits per heavy atom. The Balaban J connectivity index is 2.28. The van der Waals surface area contributed by atoms with E-state index in [1.54, 1.807) is 6.07 Å². The zero-order valence-electron chi connectivity index (χ0n) is 9.15. The average molecular weight is 239 g/mol. The number of benzene rings is 1. The predicted molar refractivity (Wildman–Crippen MR) is 65.9 cm³/mol. The van der Waals surface area contributed by atoms with E-state index < -0.39 is 0 Å². The van der Waals surface area contributed by atoms with Crippen LogP contribution in [0.25, 0.3) is 0 Å². The Labute approximate surface area is 98.8 Å². The monoisotopic (exact) mass is 239 g/mol. The molecule has 1 saturated heterocycles. The van der Waals surface area contributed by atoms with Crippen molar-refractivity contribution >= 4 is 23.7 Å². The summed E-state index contributed by atoms with van der Waals surface area (Å²) in [7, 11) is 0. The summed E-state index contributed by atoms with van der Waals surface area (Å²) < 4.78 is 13.0. The van der Waals surface area contributed by atoms with Crippen LogP contribution < -0.4 is 4.90 Å². The maximum absolute atomic E-state index is 13.0. The Morgan fingerprint density at radius 1 is 1.56 bits per heavy atom. The highest BCUT2D eigenvalue weighted by atomic mass is 32.2. The Bertz CT molecular complexity index is 397. The lowest BCUT2D eigenvalue weighted by molar-refractivity contribution is 0.112. The molecule has 2 nitrogen and oxygen atoms in total. The van der Waals surface area contributed by atoms with E-state index >= 15 is 0 Å². The number of thioether (sulfide) groups is 1. The highest BCUT2D eigenvalue weighted by Crippen LogP contribution is 2.26. The number of nitrogens with zero attached hydrogens (tertiary/aromatic N) is 1. The van der Waals surface area contributed by atoms with Gasteiger partial charge in [-0.2, -0.15) is 11.8 Å². The summed E-state index contributed by atoms with van der Waals surface area (Å²) in [4.78, 5) is 13.1. The fourth-order valence-electron chi connectivity index (χ4n) is 1.94. The van der Waals surface area contributed by atoms with Crippen LogP contribution in [0.1, 0.15) is 17.3 Å². The number of hydrogen-bond acceptors (Lipinski definition) is 3. The lowest BCUT2D eigenvalue weighted by Crippen LogP contribution is -2.37. The molecule has 1 aliphatic rings. The molecule has 0 bridgehead atoms. The van der Waals surface area contributed by atoms with Gasteiger partial charge in [0.25, 0.3) is 0 Å². The third-order valence-electron chi connectivity index (χ3n) is 2.70. The number of rotatable bonds is 2. The molecule has 0 radical (unpaired) electrons. The fraction of sp³-hybridized carbons (Fsp3) is 0.417. The van der Waals surface area contributed by atoms with E-state index in [1.165, 1.54) is 12.1 Å². The molecule has 0 saturated carbocycles. The van der Waals surface area contributed by atoms with E-state index in [2.05, 4.69) is 11.8 Å². The molecule has 4 heteroatoms. The Hall–Kier alpha value is -1.03. The lowest BCUT2D eigenvalue weighted by Gasteiger charge is -2.33. The number of halogens is 1. The summed E-state index contributed by atoms with van der Waals surface area (Å²) in [5, 5.41) is 0.554. The quantitative estimate of drug-likeness (QED) is 0.740. The van der Waals surface area contributed by atoms with Gasteiger partial charge in [0.05, 0.1) is 0 Å². The second-order valence-electron chi connectivity index (χ2n) is 3.95. The standard InChI is InChI=1S/C12H14FNOS/c1-9-7-14(4-5-16-9)12-3-2-11(13)6-10(12)8-15/h2-3,6,8-9H,4-5,7H2,1H3. The van der Waals surface area contributed by atoms with Gasteiger partial charge in [-0.05, 0) is 18.2 Å². The van der Waals surface area contributed by atoms with Gasteiger partial charge in [-0.15, -0.1) is 0 Å². The van der Waals surface area contributed by atoms with Crippen LogP contribution >= 0.6 is 11.8 Å². The van der Waals surface area contributed by atoms with Gasteiger partial charge in [-0.25, -0.2) is 4.39 Å². The van der Waals surface area contributed by atoms with Gasteiger partial charge < -0.3 is 4.90 Å². The van der Waals surface area contributed by atoms with Gasteiger partial charge >= 0.3 is 0 Å². The Morgan fingerprint density at radius 3 is 3.06 bits per heavy atom. The summed E-state index contributed by atoms with van der Waals surface area (Å²) in [6.07, 6.45) is 0.727. The summed E-state index contributed by atoms with van der Waals surface area (Å²) >= 11 is 1.93. The van der Waals surface area contributed by atoms with Crippen molar-refractivity contribution in [2.75, 3.05) is 23.7 Å². The molecule has 1 atom stereocenters. The van der Waals surface area contributed by atoms with Crippen molar-refractivity contribution in [1.29, 1.82) is 0 Å². The zero-order chi connectivity index (χ0) is 11.5. The fourth-order valence-corrected chi connectivity index (χ4v) is 2.96. The average Bonchev–Trinajstić information content (AvgIpc) is 2.28. The number of carbonyl (C=O) groups excluding carboxylic acids is 1. The molecule has 1 aromatic rings. The maximum Gasteiger partial charge on any atom is 0.152 e. The van der Waals surface area contributed by atoms with Crippen molar-refractivity contribution in [3.8, 4) is 0 Å². The smallest absolute Gasteiger partial charge is 0.152 e. The van der Waals surface area contributed by atoms with E-state index in [-0.39, 0.29) is 5.82 Å². The normalized spacial score (nSPS) is 20.9. The van der Waals surface area contributed by atoms with Crippen LogP contribution in [0.4, 0.5) is 10.1 Å². The number of hydrogen-bond donors (Lipinski definition) is 0. The number of anilines is 1. The third kappa shape index (κ3) is 2.38. The molecular formula is C12H14FNOS. The van der Waals surface area contributed by atoms with Crippen LogP contribution in [0, 0.1) is 5.82 Å². The second-order valence-corrected chi connectivity index (χ2v) is 5.49. The molecule has 1 aliphatic heterocycles. The van der Waals surface area contributed by atoms with Crippen LogP contribution in [0.3, 0.4) is 0 Å². The van der Waals surface area contributed by atoms with Crippen LogP contribution in [-0.4, -0.2) is 30.4 Å². The largest absolute Gasteiger partial charge is 0.369 e. The first-order chi connectivity index (χ1) is 7.70. The molecule has 86 valence electrons. The van der Waals surface area contributed by atoms with Gasteiger partial charge in [0.15, 0.2) is 6.29 Å². The Kier molecular flexibility index (Phi) is 3.49. The molecule has 2 rings (SSSR count). The van der Waals surface area contributed by atoms with Crippen molar-refractivity contribution in [1.82, 2.24) is 0 Å². The zero-order valence-corrected chi connectivity index (χ0v) is 9.97. The molecule has 0 aromatic heterocycles. The van der Waals surface area contributed by atoms with E-state index in [0.717, 1.165) is 30.8 Å². The molecule has 1 unspecified atom stereocenters. The molecule has 0 spiro atoms. The van der Waals surface area contributed by atoms with Crippen molar-refractivity contribution < 1.29 is 9.18 Å². The predicted octanol–water partition coefficient (Wildman–Crippen LogP) is 2.58. The minimum absolute atomic E-state index is 0.356. The van der Waals surface area contributed by atoms with Crippen LogP contribution in [0.5, 0.6) is 0 Å². The summed E-state index contributed by atoms with van der Waals surface area (Å²) in [5.41, 5.74) is 1.29. The lowest BCUT2D eigenvalue weighted by atomic mass is 10.1. The van der Waals surface area contributed by atoms with Crippen LogP contribution in [0.2, 0.25) is 0 Å².